The van der Waals surface area contributed by atoms with Crippen LogP contribution in [-0.2, 0) is 0 Å². The van der Waals surface area contributed by atoms with Gasteiger partial charge in [0.15, 0.2) is 0 Å². The first-order chi connectivity index (χ1) is 7.95. The Hall–Kier alpha value is -1.64. The van der Waals surface area contributed by atoms with Crippen molar-refractivity contribution in [1.82, 2.24) is 4.90 Å². The molecule has 0 aromatic heterocycles. The van der Waals surface area contributed by atoms with Crippen LogP contribution in [0.4, 0.5) is 0 Å². The molecule has 3 nitrogen and oxygen atoms in total. The van der Waals surface area contributed by atoms with Gasteiger partial charge in [0.25, 0.3) is 11.8 Å². The molecule has 1 aliphatic heterocycles. The summed E-state index contributed by atoms with van der Waals surface area (Å²) in [6, 6.07) is 5.42. The number of imide groups is 1. The standard InChI is InChI=1S/C14H17NO2/c1-8(2)10-6-5-7-11-12(10)14(17)15(9(3)4)13(11)16/h5-9H,1-4H3. The zero-order valence-corrected chi connectivity index (χ0v) is 10.7. The van der Waals surface area contributed by atoms with Crippen molar-refractivity contribution in [2.45, 2.75) is 39.7 Å². The summed E-state index contributed by atoms with van der Waals surface area (Å²) >= 11 is 0. The minimum atomic E-state index is -0.164. The van der Waals surface area contributed by atoms with E-state index < -0.39 is 0 Å². The van der Waals surface area contributed by atoms with E-state index in [0.717, 1.165) is 5.56 Å². The van der Waals surface area contributed by atoms with Crippen LogP contribution in [0, 0.1) is 0 Å². The topological polar surface area (TPSA) is 37.4 Å². The van der Waals surface area contributed by atoms with Crippen molar-refractivity contribution in [3.8, 4) is 0 Å². The van der Waals surface area contributed by atoms with Crippen LogP contribution < -0.4 is 0 Å². The van der Waals surface area contributed by atoms with Crippen molar-refractivity contribution in [3.05, 3.63) is 34.9 Å². The number of carbonyl (C=O) groups excluding carboxylic acids is 2. The van der Waals surface area contributed by atoms with E-state index in [1.165, 1.54) is 4.90 Å². The number of benzene rings is 1. The van der Waals surface area contributed by atoms with Crippen molar-refractivity contribution in [3.63, 3.8) is 0 Å². The van der Waals surface area contributed by atoms with Gasteiger partial charge in [-0.3, -0.25) is 14.5 Å². The van der Waals surface area contributed by atoms with Crippen molar-refractivity contribution in [2.24, 2.45) is 0 Å². The first-order valence-electron chi connectivity index (χ1n) is 5.96. The van der Waals surface area contributed by atoms with E-state index in [1.54, 1.807) is 6.07 Å². The number of amides is 2. The molecule has 0 spiro atoms. The van der Waals surface area contributed by atoms with Crippen molar-refractivity contribution in [1.29, 1.82) is 0 Å². The average Bonchev–Trinajstić information content (AvgIpc) is 2.51. The second-order valence-corrected chi connectivity index (χ2v) is 5.00. The van der Waals surface area contributed by atoms with Gasteiger partial charge in [-0.1, -0.05) is 26.0 Å². The predicted octanol–water partition coefficient (Wildman–Crippen LogP) is 2.81. The zero-order chi connectivity index (χ0) is 12.7. The fourth-order valence-electron chi connectivity index (χ4n) is 2.28. The summed E-state index contributed by atoms with van der Waals surface area (Å²) in [5, 5.41) is 0. The molecule has 0 atom stereocenters. The summed E-state index contributed by atoms with van der Waals surface area (Å²) in [4.78, 5) is 25.8. The second kappa shape index (κ2) is 3.99. The Morgan fingerprint density at radius 3 is 2.18 bits per heavy atom. The summed E-state index contributed by atoms with van der Waals surface area (Å²) < 4.78 is 0. The van der Waals surface area contributed by atoms with Gasteiger partial charge in [-0.15, -0.1) is 0 Å². The summed E-state index contributed by atoms with van der Waals surface area (Å²) in [7, 11) is 0. The van der Waals surface area contributed by atoms with Gasteiger partial charge in [-0.05, 0) is 31.4 Å². The van der Waals surface area contributed by atoms with Gasteiger partial charge in [0, 0.05) is 6.04 Å². The number of carbonyl (C=O) groups is 2. The molecule has 0 bridgehead atoms. The third kappa shape index (κ3) is 1.66. The van der Waals surface area contributed by atoms with Crippen LogP contribution in [-0.4, -0.2) is 22.8 Å². The van der Waals surface area contributed by atoms with E-state index in [2.05, 4.69) is 0 Å². The Morgan fingerprint density at radius 1 is 1.00 bits per heavy atom. The highest BCUT2D eigenvalue weighted by atomic mass is 16.2. The molecule has 0 radical (unpaired) electrons. The number of hydrogen-bond acceptors (Lipinski definition) is 2. The largest absolute Gasteiger partial charge is 0.272 e. The fourth-order valence-corrected chi connectivity index (χ4v) is 2.28. The zero-order valence-electron chi connectivity index (χ0n) is 10.7. The molecule has 0 saturated heterocycles. The minimum Gasteiger partial charge on any atom is -0.272 e. The Morgan fingerprint density at radius 2 is 1.65 bits per heavy atom. The average molecular weight is 231 g/mol. The highest BCUT2D eigenvalue weighted by Crippen LogP contribution is 2.31. The maximum atomic E-state index is 12.3. The number of nitrogens with zero attached hydrogens (tertiary/aromatic N) is 1. The number of rotatable bonds is 2. The van der Waals surface area contributed by atoms with Gasteiger partial charge in [0.05, 0.1) is 11.1 Å². The molecule has 0 N–H and O–H groups in total. The molecular weight excluding hydrogens is 214 g/mol. The SMILES string of the molecule is CC(C)c1cccc2c1C(=O)N(C(C)C)C2=O. The van der Waals surface area contributed by atoms with Crippen LogP contribution in [0.3, 0.4) is 0 Å². The molecule has 1 heterocycles. The van der Waals surface area contributed by atoms with Gasteiger partial charge < -0.3 is 0 Å². The molecule has 1 aromatic rings. The van der Waals surface area contributed by atoms with E-state index in [0.29, 0.717) is 11.1 Å². The molecule has 2 rings (SSSR count). The third-order valence-corrected chi connectivity index (χ3v) is 3.12. The molecular formula is C14H17NO2. The Labute approximate surface area is 101 Å². The first-order valence-corrected chi connectivity index (χ1v) is 5.96. The lowest BCUT2D eigenvalue weighted by Crippen LogP contribution is -2.36. The summed E-state index contributed by atoms with van der Waals surface area (Å²) in [5.74, 6) is -0.0689. The molecule has 90 valence electrons. The normalized spacial score (nSPS) is 15.1. The quantitative estimate of drug-likeness (QED) is 0.734. The van der Waals surface area contributed by atoms with E-state index >= 15 is 0 Å². The summed E-state index contributed by atoms with van der Waals surface area (Å²) in [6.07, 6.45) is 0. The van der Waals surface area contributed by atoms with E-state index in [9.17, 15) is 9.59 Å². The summed E-state index contributed by atoms with van der Waals surface area (Å²) in [6.45, 7) is 7.78. The Balaban J connectivity index is 2.61. The Kier molecular flexibility index (Phi) is 2.77. The van der Waals surface area contributed by atoms with E-state index in [1.807, 2.05) is 39.8 Å². The lowest BCUT2D eigenvalue weighted by molar-refractivity contribution is 0.0608. The van der Waals surface area contributed by atoms with E-state index in [-0.39, 0.29) is 23.8 Å². The summed E-state index contributed by atoms with van der Waals surface area (Å²) in [5.41, 5.74) is 2.11. The van der Waals surface area contributed by atoms with Crippen LogP contribution in [0.25, 0.3) is 0 Å². The van der Waals surface area contributed by atoms with Gasteiger partial charge >= 0.3 is 0 Å². The van der Waals surface area contributed by atoms with Gasteiger partial charge in [0.2, 0.25) is 0 Å². The molecule has 0 aliphatic carbocycles. The monoisotopic (exact) mass is 231 g/mol. The van der Waals surface area contributed by atoms with E-state index in [4.69, 9.17) is 0 Å². The van der Waals surface area contributed by atoms with Crippen LogP contribution >= 0.6 is 0 Å². The molecule has 3 heteroatoms. The van der Waals surface area contributed by atoms with Crippen LogP contribution in [0.5, 0.6) is 0 Å². The minimum absolute atomic E-state index is 0.0950. The predicted molar refractivity (Wildman–Crippen MR) is 66.2 cm³/mol. The maximum Gasteiger partial charge on any atom is 0.262 e. The smallest absolute Gasteiger partial charge is 0.262 e. The first kappa shape index (κ1) is 11.8. The van der Waals surface area contributed by atoms with Crippen molar-refractivity contribution < 1.29 is 9.59 Å². The molecule has 0 saturated carbocycles. The fraction of sp³-hybridized carbons (Fsp3) is 0.429. The molecule has 1 aliphatic rings. The van der Waals surface area contributed by atoms with Gasteiger partial charge in [-0.2, -0.15) is 0 Å². The lowest BCUT2D eigenvalue weighted by atomic mass is 9.94. The highest BCUT2D eigenvalue weighted by Gasteiger charge is 2.38. The second-order valence-electron chi connectivity index (χ2n) is 5.00. The maximum absolute atomic E-state index is 12.3. The van der Waals surface area contributed by atoms with Gasteiger partial charge in [0.1, 0.15) is 0 Å². The number of hydrogen-bond donors (Lipinski definition) is 0. The highest BCUT2D eigenvalue weighted by molar-refractivity contribution is 6.22. The molecule has 0 fully saturated rings. The lowest BCUT2D eigenvalue weighted by Gasteiger charge is -2.18. The Bertz CT molecular complexity index is 489. The number of fused-ring (bicyclic) bond motifs is 1. The van der Waals surface area contributed by atoms with Crippen molar-refractivity contribution in [2.75, 3.05) is 0 Å². The molecule has 2 amide bonds. The molecule has 17 heavy (non-hydrogen) atoms. The molecule has 1 aromatic carbocycles. The third-order valence-electron chi connectivity index (χ3n) is 3.12. The molecule has 0 unspecified atom stereocenters. The van der Waals surface area contributed by atoms with Crippen LogP contribution in [0.2, 0.25) is 0 Å². The van der Waals surface area contributed by atoms with Crippen LogP contribution in [0.15, 0.2) is 18.2 Å². The van der Waals surface area contributed by atoms with Crippen molar-refractivity contribution >= 4 is 11.8 Å². The van der Waals surface area contributed by atoms with Gasteiger partial charge in [-0.25, -0.2) is 0 Å². The van der Waals surface area contributed by atoms with Crippen LogP contribution in [0.1, 0.15) is 59.9 Å².